The van der Waals surface area contributed by atoms with Crippen LogP contribution >= 0.6 is 23.4 Å². The van der Waals surface area contributed by atoms with Crippen LogP contribution in [-0.2, 0) is 5.75 Å². The standard InChI is InChI=1S/C15H11ClN2OS/c16-12-6-4-5-11(9-12)15-18-17-14(19-15)10-20-13-7-2-1-3-8-13/h1-9H,10H2. The second-order valence-electron chi connectivity index (χ2n) is 4.11. The number of hydrogen-bond acceptors (Lipinski definition) is 4. The number of halogens is 1. The van der Waals surface area contributed by atoms with Crippen LogP contribution in [0.2, 0.25) is 5.02 Å². The monoisotopic (exact) mass is 302 g/mol. The molecule has 0 amide bonds. The molecule has 3 nitrogen and oxygen atoms in total. The third kappa shape index (κ3) is 3.21. The van der Waals surface area contributed by atoms with E-state index in [0.29, 0.717) is 22.6 Å². The molecule has 0 saturated heterocycles. The van der Waals surface area contributed by atoms with Crippen LogP contribution in [0.3, 0.4) is 0 Å². The minimum Gasteiger partial charge on any atom is -0.420 e. The molecule has 0 aliphatic carbocycles. The fourth-order valence-corrected chi connectivity index (χ4v) is 2.66. The highest BCUT2D eigenvalue weighted by molar-refractivity contribution is 7.98. The van der Waals surface area contributed by atoms with Gasteiger partial charge in [-0.1, -0.05) is 35.9 Å². The maximum atomic E-state index is 5.95. The van der Waals surface area contributed by atoms with Gasteiger partial charge in [-0.25, -0.2) is 0 Å². The Kier molecular flexibility index (Phi) is 4.04. The summed E-state index contributed by atoms with van der Waals surface area (Å²) in [5, 5.41) is 8.76. The van der Waals surface area contributed by atoms with E-state index in [9.17, 15) is 0 Å². The Hall–Kier alpha value is -1.78. The molecule has 100 valence electrons. The Morgan fingerprint density at radius 2 is 1.85 bits per heavy atom. The van der Waals surface area contributed by atoms with E-state index in [0.717, 1.165) is 5.56 Å². The minimum atomic E-state index is 0.496. The van der Waals surface area contributed by atoms with E-state index in [-0.39, 0.29) is 0 Å². The average molecular weight is 303 g/mol. The zero-order valence-electron chi connectivity index (χ0n) is 10.5. The first-order chi connectivity index (χ1) is 9.81. The summed E-state index contributed by atoms with van der Waals surface area (Å²) in [6.07, 6.45) is 0. The molecule has 5 heteroatoms. The van der Waals surface area contributed by atoms with Gasteiger partial charge in [0.2, 0.25) is 11.8 Å². The molecule has 0 saturated carbocycles. The van der Waals surface area contributed by atoms with Gasteiger partial charge in [0.05, 0.1) is 5.75 Å². The van der Waals surface area contributed by atoms with Gasteiger partial charge in [-0.2, -0.15) is 0 Å². The third-order valence-electron chi connectivity index (χ3n) is 2.64. The van der Waals surface area contributed by atoms with Gasteiger partial charge in [-0.15, -0.1) is 22.0 Å². The predicted molar refractivity (Wildman–Crippen MR) is 80.7 cm³/mol. The van der Waals surface area contributed by atoms with Crippen LogP contribution in [0.1, 0.15) is 5.89 Å². The molecule has 3 rings (SSSR count). The molecule has 0 unspecified atom stereocenters. The topological polar surface area (TPSA) is 38.9 Å². The molecule has 0 aliphatic rings. The highest BCUT2D eigenvalue weighted by Gasteiger charge is 2.09. The highest BCUT2D eigenvalue weighted by Crippen LogP contribution is 2.25. The van der Waals surface area contributed by atoms with Gasteiger partial charge in [0, 0.05) is 15.5 Å². The fourth-order valence-electron chi connectivity index (χ4n) is 1.71. The lowest BCUT2D eigenvalue weighted by Crippen LogP contribution is -1.79. The van der Waals surface area contributed by atoms with E-state index in [1.165, 1.54) is 4.90 Å². The van der Waals surface area contributed by atoms with Gasteiger partial charge in [-0.05, 0) is 30.3 Å². The number of hydrogen-bond donors (Lipinski definition) is 0. The molecule has 0 spiro atoms. The van der Waals surface area contributed by atoms with Crippen LogP contribution in [0.4, 0.5) is 0 Å². The molecule has 0 bridgehead atoms. The summed E-state index contributed by atoms with van der Waals surface area (Å²) in [5.41, 5.74) is 0.834. The van der Waals surface area contributed by atoms with Gasteiger partial charge < -0.3 is 4.42 Å². The van der Waals surface area contributed by atoms with Crippen LogP contribution in [0.25, 0.3) is 11.5 Å². The first kappa shape index (κ1) is 13.2. The second kappa shape index (κ2) is 6.11. The third-order valence-corrected chi connectivity index (χ3v) is 3.88. The van der Waals surface area contributed by atoms with Crippen molar-refractivity contribution in [3.63, 3.8) is 0 Å². The largest absolute Gasteiger partial charge is 0.420 e. The summed E-state index contributed by atoms with van der Waals surface area (Å²) < 4.78 is 5.64. The SMILES string of the molecule is Clc1cccc(-c2nnc(CSc3ccccc3)o2)c1. The van der Waals surface area contributed by atoms with Crippen molar-refractivity contribution in [3.8, 4) is 11.5 Å². The molecule has 1 heterocycles. The maximum absolute atomic E-state index is 5.95. The molecule has 1 aromatic heterocycles. The van der Waals surface area contributed by atoms with Crippen LogP contribution in [0.5, 0.6) is 0 Å². The molecule has 0 atom stereocenters. The first-order valence-electron chi connectivity index (χ1n) is 6.07. The summed E-state index contributed by atoms with van der Waals surface area (Å²) >= 11 is 7.61. The summed E-state index contributed by atoms with van der Waals surface area (Å²) in [4.78, 5) is 1.18. The van der Waals surface area contributed by atoms with Crippen molar-refractivity contribution in [2.75, 3.05) is 0 Å². The Labute approximate surface area is 126 Å². The Morgan fingerprint density at radius 3 is 2.65 bits per heavy atom. The van der Waals surface area contributed by atoms with E-state index in [4.69, 9.17) is 16.0 Å². The molecular formula is C15H11ClN2OS. The summed E-state index contributed by atoms with van der Waals surface area (Å²) in [7, 11) is 0. The first-order valence-corrected chi connectivity index (χ1v) is 7.44. The van der Waals surface area contributed by atoms with E-state index in [1.54, 1.807) is 11.8 Å². The Balaban J connectivity index is 1.71. The van der Waals surface area contributed by atoms with Crippen molar-refractivity contribution in [3.05, 3.63) is 65.5 Å². The molecule has 3 aromatic rings. The number of nitrogens with zero attached hydrogens (tertiary/aromatic N) is 2. The number of rotatable bonds is 4. The second-order valence-corrected chi connectivity index (χ2v) is 5.60. The fraction of sp³-hybridized carbons (Fsp3) is 0.0667. The normalized spacial score (nSPS) is 10.7. The predicted octanol–water partition coefficient (Wildman–Crippen LogP) is 4.68. The summed E-state index contributed by atoms with van der Waals surface area (Å²) in [6.45, 7) is 0. The van der Waals surface area contributed by atoms with Gasteiger partial charge in [0.15, 0.2) is 0 Å². The van der Waals surface area contributed by atoms with Crippen molar-refractivity contribution >= 4 is 23.4 Å². The van der Waals surface area contributed by atoms with Crippen LogP contribution in [0, 0.1) is 0 Å². The molecule has 0 N–H and O–H groups in total. The van der Waals surface area contributed by atoms with E-state index >= 15 is 0 Å². The van der Waals surface area contributed by atoms with Crippen molar-refractivity contribution in [1.82, 2.24) is 10.2 Å². The van der Waals surface area contributed by atoms with Crippen LogP contribution in [-0.4, -0.2) is 10.2 Å². The van der Waals surface area contributed by atoms with Crippen LogP contribution in [0.15, 0.2) is 63.9 Å². The van der Waals surface area contributed by atoms with E-state index in [2.05, 4.69) is 22.3 Å². The van der Waals surface area contributed by atoms with Crippen molar-refractivity contribution in [2.24, 2.45) is 0 Å². The minimum absolute atomic E-state index is 0.496. The zero-order valence-corrected chi connectivity index (χ0v) is 12.1. The molecule has 0 fully saturated rings. The van der Waals surface area contributed by atoms with Gasteiger partial charge in [-0.3, -0.25) is 0 Å². The van der Waals surface area contributed by atoms with Crippen molar-refractivity contribution in [2.45, 2.75) is 10.6 Å². The smallest absolute Gasteiger partial charge is 0.247 e. The molecule has 0 aliphatic heterocycles. The molecule has 0 radical (unpaired) electrons. The lowest BCUT2D eigenvalue weighted by Gasteiger charge is -1.97. The van der Waals surface area contributed by atoms with Gasteiger partial charge in [0.25, 0.3) is 0 Å². The number of benzene rings is 2. The molecule has 20 heavy (non-hydrogen) atoms. The van der Waals surface area contributed by atoms with E-state index < -0.39 is 0 Å². The number of thioether (sulfide) groups is 1. The molecular weight excluding hydrogens is 292 g/mol. The van der Waals surface area contributed by atoms with Gasteiger partial charge >= 0.3 is 0 Å². The zero-order chi connectivity index (χ0) is 13.8. The average Bonchev–Trinajstić information content (AvgIpc) is 2.95. The van der Waals surface area contributed by atoms with E-state index in [1.807, 2.05) is 42.5 Å². The quantitative estimate of drug-likeness (QED) is 0.656. The lowest BCUT2D eigenvalue weighted by atomic mass is 10.2. The number of aromatic nitrogens is 2. The Morgan fingerprint density at radius 1 is 1.00 bits per heavy atom. The van der Waals surface area contributed by atoms with Crippen molar-refractivity contribution in [1.29, 1.82) is 0 Å². The molecule has 2 aromatic carbocycles. The van der Waals surface area contributed by atoms with Crippen molar-refractivity contribution < 1.29 is 4.42 Å². The summed E-state index contributed by atoms with van der Waals surface area (Å²) in [5.74, 6) is 1.75. The maximum Gasteiger partial charge on any atom is 0.247 e. The summed E-state index contributed by atoms with van der Waals surface area (Å²) in [6, 6.07) is 17.5. The lowest BCUT2D eigenvalue weighted by molar-refractivity contribution is 0.528. The van der Waals surface area contributed by atoms with Crippen LogP contribution < -0.4 is 0 Å². The van der Waals surface area contributed by atoms with Gasteiger partial charge in [0.1, 0.15) is 0 Å². The Bertz CT molecular complexity index is 700. The highest BCUT2D eigenvalue weighted by atomic mass is 35.5.